The monoisotopic (exact) mass is 337 g/mol. The van der Waals surface area contributed by atoms with E-state index in [0.717, 1.165) is 8.26 Å². The first-order chi connectivity index (χ1) is 6.68. The first-order valence-corrected chi connectivity index (χ1v) is 7.29. The number of halogens is 2. The van der Waals surface area contributed by atoms with Gasteiger partial charge in [-0.2, -0.15) is 0 Å². The van der Waals surface area contributed by atoms with E-state index in [4.69, 9.17) is 5.73 Å². The third-order valence-electron chi connectivity index (χ3n) is 2.90. The van der Waals surface area contributed by atoms with Gasteiger partial charge in [0.1, 0.15) is 0 Å². The number of thiophene rings is 1. The second-order valence-electron chi connectivity index (χ2n) is 3.84. The molecule has 0 radical (unpaired) electrons. The molecule has 1 aromatic rings. The maximum atomic E-state index is 6.25. The van der Waals surface area contributed by atoms with Crippen molar-refractivity contribution in [1.82, 2.24) is 0 Å². The highest BCUT2D eigenvalue weighted by Gasteiger charge is 2.24. The highest BCUT2D eigenvalue weighted by molar-refractivity contribution is 9.13. The average Bonchev–Trinajstić information content (AvgIpc) is 2.76. The summed E-state index contributed by atoms with van der Waals surface area (Å²) >= 11 is 8.76. The Labute approximate surface area is 105 Å². The van der Waals surface area contributed by atoms with Crippen LogP contribution in [0, 0.1) is 5.92 Å². The molecule has 1 nitrogen and oxygen atoms in total. The van der Waals surface area contributed by atoms with E-state index in [0.29, 0.717) is 5.92 Å². The minimum atomic E-state index is 0.241. The van der Waals surface area contributed by atoms with Crippen molar-refractivity contribution in [1.29, 1.82) is 0 Å². The smallest absolute Gasteiger partial charge is 0.0843 e. The van der Waals surface area contributed by atoms with E-state index in [9.17, 15) is 0 Å². The molecule has 14 heavy (non-hydrogen) atoms. The zero-order valence-corrected chi connectivity index (χ0v) is 11.8. The molecule has 0 bridgehead atoms. The second kappa shape index (κ2) is 4.64. The molecular weight excluding hydrogens is 326 g/mol. The molecule has 0 aliphatic heterocycles. The first kappa shape index (κ1) is 11.1. The van der Waals surface area contributed by atoms with Crippen LogP contribution in [0.25, 0.3) is 0 Å². The maximum absolute atomic E-state index is 6.25. The summed E-state index contributed by atoms with van der Waals surface area (Å²) < 4.78 is 2.28. The standard InChI is InChI=1S/C10H13Br2NS/c11-7-5-8(14-10(7)12)9(13)6-3-1-2-4-6/h5-6,9H,1-4,13H2/t9-/m0/s1. The fraction of sp³-hybridized carbons (Fsp3) is 0.600. The fourth-order valence-electron chi connectivity index (χ4n) is 2.08. The van der Waals surface area contributed by atoms with Crippen molar-refractivity contribution >= 4 is 43.2 Å². The Kier molecular flexibility index (Phi) is 3.68. The molecule has 1 aromatic heterocycles. The highest BCUT2D eigenvalue weighted by atomic mass is 79.9. The lowest BCUT2D eigenvalue weighted by atomic mass is 9.98. The van der Waals surface area contributed by atoms with Crippen molar-refractivity contribution in [3.05, 3.63) is 19.2 Å². The van der Waals surface area contributed by atoms with E-state index in [-0.39, 0.29) is 6.04 Å². The van der Waals surface area contributed by atoms with E-state index in [1.54, 1.807) is 11.3 Å². The molecule has 1 atom stereocenters. The van der Waals surface area contributed by atoms with Crippen molar-refractivity contribution in [3.8, 4) is 0 Å². The van der Waals surface area contributed by atoms with E-state index in [1.807, 2.05) is 0 Å². The molecule has 0 spiro atoms. The van der Waals surface area contributed by atoms with Gasteiger partial charge in [0.25, 0.3) is 0 Å². The molecule has 2 rings (SSSR count). The van der Waals surface area contributed by atoms with E-state index in [2.05, 4.69) is 37.9 Å². The summed E-state index contributed by atoms with van der Waals surface area (Å²) in [6.45, 7) is 0. The van der Waals surface area contributed by atoms with Gasteiger partial charge in [0.05, 0.1) is 3.79 Å². The SMILES string of the molecule is N[C@H](c1cc(Br)c(Br)s1)C1CCCC1. The zero-order valence-electron chi connectivity index (χ0n) is 7.80. The quantitative estimate of drug-likeness (QED) is 0.846. The third kappa shape index (κ3) is 2.23. The third-order valence-corrected chi connectivity index (χ3v) is 6.26. The Morgan fingerprint density at radius 1 is 1.36 bits per heavy atom. The van der Waals surface area contributed by atoms with Crippen LogP contribution in [0.5, 0.6) is 0 Å². The Morgan fingerprint density at radius 2 is 2.00 bits per heavy atom. The molecule has 0 unspecified atom stereocenters. The van der Waals surface area contributed by atoms with Crippen LogP contribution < -0.4 is 5.73 Å². The summed E-state index contributed by atoms with van der Waals surface area (Å²) in [5.41, 5.74) is 6.25. The van der Waals surface area contributed by atoms with Crippen molar-refractivity contribution in [3.63, 3.8) is 0 Å². The van der Waals surface area contributed by atoms with Crippen molar-refractivity contribution < 1.29 is 0 Å². The molecular formula is C10H13Br2NS. The van der Waals surface area contributed by atoms with Gasteiger partial charge in [-0.25, -0.2) is 0 Å². The van der Waals surface area contributed by atoms with Crippen LogP contribution in [-0.2, 0) is 0 Å². The van der Waals surface area contributed by atoms with Gasteiger partial charge >= 0.3 is 0 Å². The molecule has 0 saturated heterocycles. The number of hydrogen-bond donors (Lipinski definition) is 1. The summed E-state index contributed by atoms with van der Waals surface area (Å²) in [4.78, 5) is 1.30. The van der Waals surface area contributed by atoms with Gasteiger partial charge < -0.3 is 5.73 Å². The Balaban J connectivity index is 2.13. The van der Waals surface area contributed by atoms with Crippen molar-refractivity contribution in [2.45, 2.75) is 31.7 Å². The van der Waals surface area contributed by atoms with Gasteiger partial charge in [0.15, 0.2) is 0 Å². The van der Waals surface area contributed by atoms with Crippen LogP contribution in [0.3, 0.4) is 0 Å². The molecule has 4 heteroatoms. The van der Waals surface area contributed by atoms with Crippen LogP contribution in [-0.4, -0.2) is 0 Å². The van der Waals surface area contributed by atoms with Crippen molar-refractivity contribution in [2.24, 2.45) is 11.7 Å². The minimum Gasteiger partial charge on any atom is -0.323 e. The number of nitrogens with two attached hydrogens (primary N) is 1. The van der Waals surface area contributed by atoms with Gasteiger partial charge in [0, 0.05) is 15.4 Å². The van der Waals surface area contributed by atoms with Crippen LogP contribution in [0.2, 0.25) is 0 Å². The predicted octanol–water partition coefficient (Wildman–Crippen LogP) is 4.46. The van der Waals surface area contributed by atoms with Crippen LogP contribution in [0.1, 0.15) is 36.6 Å². The number of rotatable bonds is 2. The molecule has 78 valence electrons. The summed E-state index contributed by atoms with van der Waals surface area (Å²) in [5.74, 6) is 0.701. The lowest BCUT2D eigenvalue weighted by molar-refractivity contribution is 0.450. The zero-order chi connectivity index (χ0) is 10.1. The lowest BCUT2D eigenvalue weighted by Crippen LogP contribution is -2.17. The van der Waals surface area contributed by atoms with Crippen LogP contribution in [0.15, 0.2) is 14.3 Å². The molecule has 1 saturated carbocycles. The van der Waals surface area contributed by atoms with Crippen LogP contribution in [0.4, 0.5) is 0 Å². The topological polar surface area (TPSA) is 26.0 Å². The Hall–Kier alpha value is 0.620. The number of hydrogen-bond acceptors (Lipinski definition) is 2. The molecule has 1 aliphatic rings. The predicted molar refractivity (Wildman–Crippen MR) is 68.6 cm³/mol. The highest BCUT2D eigenvalue weighted by Crippen LogP contribution is 2.40. The van der Waals surface area contributed by atoms with Gasteiger partial charge in [-0.1, -0.05) is 12.8 Å². The molecule has 0 amide bonds. The normalized spacial score (nSPS) is 20.2. The average molecular weight is 339 g/mol. The summed E-state index contributed by atoms with van der Waals surface area (Å²) in [5, 5.41) is 0. The second-order valence-corrected chi connectivity index (χ2v) is 7.10. The summed E-state index contributed by atoms with van der Waals surface area (Å²) in [7, 11) is 0. The lowest BCUT2D eigenvalue weighted by Gasteiger charge is -2.16. The Morgan fingerprint density at radius 3 is 2.50 bits per heavy atom. The van der Waals surface area contributed by atoms with Gasteiger partial charge in [-0.3, -0.25) is 0 Å². The van der Waals surface area contributed by atoms with Gasteiger partial charge in [0.2, 0.25) is 0 Å². The first-order valence-electron chi connectivity index (χ1n) is 4.89. The van der Waals surface area contributed by atoms with Crippen molar-refractivity contribution in [2.75, 3.05) is 0 Å². The molecule has 2 N–H and O–H groups in total. The molecule has 0 aromatic carbocycles. The molecule has 1 heterocycles. The Bertz CT molecular complexity index is 298. The van der Waals surface area contributed by atoms with E-state index in [1.165, 1.54) is 30.6 Å². The van der Waals surface area contributed by atoms with Crippen LogP contribution >= 0.6 is 43.2 Å². The molecule has 1 aliphatic carbocycles. The summed E-state index contributed by atoms with van der Waals surface area (Å²) in [6, 6.07) is 2.39. The van der Waals surface area contributed by atoms with Gasteiger partial charge in [-0.15, -0.1) is 11.3 Å². The summed E-state index contributed by atoms with van der Waals surface area (Å²) in [6.07, 6.45) is 5.31. The maximum Gasteiger partial charge on any atom is 0.0843 e. The van der Waals surface area contributed by atoms with E-state index < -0.39 is 0 Å². The minimum absolute atomic E-state index is 0.241. The van der Waals surface area contributed by atoms with E-state index >= 15 is 0 Å². The molecule has 1 fully saturated rings. The largest absolute Gasteiger partial charge is 0.323 e. The fourth-order valence-corrected chi connectivity index (χ4v) is 4.26. The van der Waals surface area contributed by atoms with Gasteiger partial charge in [-0.05, 0) is 56.7 Å².